The van der Waals surface area contributed by atoms with Crippen LogP contribution in [0, 0.1) is 6.92 Å². The first-order chi connectivity index (χ1) is 12.1. The molecule has 0 aliphatic rings. The van der Waals surface area contributed by atoms with Gasteiger partial charge in [-0.15, -0.1) is 0 Å². The van der Waals surface area contributed by atoms with Gasteiger partial charge in [0.05, 0.1) is 12.5 Å². The number of nitrogens with two attached hydrogens (primary N) is 1. The van der Waals surface area contributed by atoms with Crippen LogP contribution in [0.1, 0.15) is 11.3 Å². The molecule has 0 amide bonds. The minimum absolute atomic E-state index is 0.405. The van der Waals surface area contributed by atoms with Gasteiger partial charge in [0.15, 0.2) is 0 Å². The van der Waals surface area contributed by atoms with E-state index in [0.29, 0.717) is 18.1 Å². The topological polar surface area (TPSA) is 87.3 Å². The number of methoxy groups -OCH3 is 1. The quantitative estimate of drug-likeness (QED) is 0.720. The average molecular weight is 337 g/mol. The fourth-order valence-corrected chi connectivity index (χ4v) is 2.56. The van der Waals surface area contributed by atoms with Crippen LogP contribution in [0.25, 0.3) is 10.8 Å². The van der Waals surface area contributed by atoms with Gasteiger partial charge in [0.2, 0.25) is 5.88 Å². The van der Waals surface area contributed by atoms with Gasteiger partial charge < -0.3 is 15.2 Å². The van der Waals surface area contributed by atoms with Crippen LogP contribution in [0.3, 0.4) is 0 Å². The van der Waals surface area contributed by atoms with Crippen LogP contribution in [0.2, 0.25) is 0 Å². The Morgan fingerprint density at radius 2 is 2.00 bits per heavy atom. The molecule has 2 N–H and O–H groups in total. The maximum Gasteiger partial charge on any atom is 0.322 e. The SMILES string of the molecule is COC(=O)[C@@H](N)Cc1ccc(Oc2nc(C)cc3ccncc23)cc1. The summed E-state index contributed by atoms with van der Waals surface area (Å²) >= 11 is 0. The number of ether oxygens (including phenoxy) is 2. The summed E-state index contributed by atoms with van der Waals surface area (Å²) in [5, 5.41) is 1.88. The summed E-state index contributed by atoms with van der Waals surface area (Å²) in [4.78, 5) is 20.0. The molecular formula is C19H19N3O3. The summed E-state index contributed by atoms with van der Waals surface area (Å²) in [5.41, 5.74) is 7.57. The van der Waals surface area contributed by atoms with E-state index >= 15 is 0 Å². The summed E-state index contributed by atoms with van der Waals surface area (Å²) in [5.74, 6) is 0.740. The Kier molecular flexibility index (Phi) is 4.90. The molecule has 3 aromatic rings. The Labute approximate surface area is 145 Å². The van der Waals surface area contributed by atoms with Crippen molar-refractivity contribution >= 4 is 16.7 Å². The van der Waals surface area contributed by atoms with Crippen molar-refractivity contribution in [1.82, 2.24) is 9.97 Å². The second-order valence-electron chi connectivity index (χ2n) is 5.75. The third-order valence-electron chi connectivity index (χ3n) is 3.82. The fraction of sp³-hybridized carbons (Fsp3) is 0.211. The van der Waals surface area contributed by atoms with Crippen molar-refractivity contribution in [2.24, 2.45) is 5.73 Å². The van der Waals surface area contributed by atoms with Gasteiger partial charge >= 0.3 is 5.97 Å². The maximum absolute atomic E-state index is 11.4. The van der Waals surface area contributed by atoms with Gasteiger partial charge in [0.1, 0.15) is 11.8 Å². The predicted molar refractivity (Wildman–Crippen MR) is 94.5 cm³/mol. The van der Waals surface area contributed by atoms with Gasteiger partial charge in [-0.3, -0.25) is 9.78 Å². The van der Waals surface area contributed by atoms with Crippen molar-refractivity contribution < 1.29 is 14.3 Å². The summed E-state index contributed by atoms with van der Waals surface area (Å²) in [6.07, 6.45) is 3.88. The fourth-order valence-electron chi connectivity index (χ4n) is 2.56. The zero-order valence-corrected chi connectivity index (χ0v) is 14.1. The summed E-state index contributed by atoms with van der Waals surface area (Å²) in [6.45, 7) is 1.92. The second-order valence-corrected chi connectivity index (χ2v) is 5.75. The minimum atomic E-state index is -0.676. The highest BCUT2D eigenvalue weighted by Crippen LogP contribution is 2.28. The lowest BCUT2D eigenvalue weighted by Gasteiger charge is -2.11. The van der Waals surface area contributed by atoms with Crippen molar-refractivity contribution in [2.45, 2.75) is 19.4 Å². The van der Waals surface area contributed by atoms with Gasteiger partial charge in [-0.25, -0.2) is 4.98 Å². The molecule has 2 heterocycles. The molecule has 0 saturated heterocycles. The lowest BCUT2D eigenvalue weighted by molar-refractivity contribution is -0.142. The highest BCUT2D eigenvalue weighted by molar-refractivity contribution is 5.86. The number of benzene rings is 1. The molecule has 6 nitrogen and oxygen atoms in total. The molecule has 1 atom stereocenters. The maximum atomic E-state index is 11.4. The molecule has 128 valence electrons. The first kappa shape index (κ1) is 16.9. The molecular weight excluding hydrogens is 318 g/mol. The van der Waals surface area contributed by atoms with E-state index in [1.54, 1.807) is 12.4 Å². The van der Waals surface area contributed by atoms with Crippen LogP contribution in [-0.4, -0.2) is 29.1 Å². The van der Waals surface area contributed by atoms with Crippen LogP contribution >= 0.6 is 0 Å². The molecule has 3 rings (SSSR count). The third-order valence-corrected chi connectivity index (χ3v) is 3.82. The number of pyridine rings is 2. The molecule has 0 aliphatic carbocycles. The van der Waals surface area contributed by atoms with Crippen molar-refractivity contribution in [3.8, 4) is 11.6 Å². The molecule has 6 heteroatoms. The number of nitrogens with zero attached hydrogens (tertiary/aromatic N) is 2. The van der Waals surface area contributed by atoms with Crippen LogP contribution in [-0.2, 0) is 16.0 Å². The lowest BCUT2D eigenvalue weighted by atomic mass is 10.1. The summed E-state index contributed by atoms with van der Waals surface area (Å²) in [7, 11) is 1.33. The van der Waals surface area contributed by atoms with Gasteiger partial charge in [-0.1, -0.05) is 12.1 Å². The molecule has 0 saturated carbocycles. The lowest BCUT2D eigenvalue weighted by Crippen LogP contribution is -2.33. The second kappa shape index (κ2) is 7.27. The van der Waals surface area contributed by atoms with Crippen LogP contribution in [0.4, 0.5) is 0 Å². The van der Waals surface area contributed by atoms with Gasteiger partial charge in [0.25, 0.3) is 0 Å². The summed E-state index contributed by atoms with van der Waals surface area (Å²) < 4.78 is 10.6. The third kappa shape index (κ3) is 3.92. The number of esters is 1. The number of aryl methyl sites for hydroxylation is 1. The predicted octanol–water partition coefficient (Wildman–Crippen LogP) is 2.77. The number of fused-ring (bicyclic) bond motifs is 1. The van der Waals surface area contributed by atoms with Gasteiger partial charge in [-0.2, -0.15) is 0 Å². The molecule has 25 heavy (non-hydrogen) atoms. The Morgan fingerprint density at radius 1 is 1.24 bits per heavy atom. The van der Waals surface area contributed by atoms with E-state index in [2.05, 4.69) is 14.7 Å². The molecule has 0 unspecified atom stereocenters. The van der Waals surface area contributed by atoms with E-state index in [9.17, 15) is 4.79 Å². The van der Waals surface area contributed by atoms with E-state index in [1.165, 1.54) is 7.11 Å². The van der Waals surface area contributed by atoms with Crippen molar-refractivity contribution in [3.63, 3.8) is 0 Å². The Morgan fingerprint density at radius 3 is 2.72 bits per heavy atom. The first-order valence-corrected chi connectivity index (χ1v) is 7.88. The molecule has 1 aromatic carbocycles. The van der Waals surface area contributed by atoms with Crippen LogP contribution in [0.5, 0.6) is 11.6 Å². The zero-order chi connectivity index (χ0) is 17.8. The molecule has 2 aromatic heterocycles. The smallest absolute Gasteiger partial charge is 0.322 e. The largest absolute Gasteiger partial charge is 0.468 e. The van der Waals surface area contributed by atoms with E-state index < -0.39 is 12.0 Å². The Balaban J connectivity index is 1.79. The standard InChI is InChI=1S/C19H19N3O3/c1-12-9-14-7-8-21-11-16(14)18(22-12)25-15-5-3-13(4-6-15)10-17(20)19(23)24-2/h3-9,11,17H,10,20H2,1-2H3/t17-/m0/s1. The highest BCUT2D eigenvalue weighted by Gasteiger charge is 2.14. The van der Waals surface area contributed by atoms with Gasteiger partial charge in [0, 0.05) is 18.1 Å². The number of rotatable bonds is 5. The van der Waals surface area contributed by atoms with E-state index in [-0.39, 0.29) is 0 Å². The van der Waals surface area contributed by atoms with E-state index in [1.807, 2.05) is 43.3 Å². The number of aromatic nitrogens is 2. The first-order valence-electron chi connectivity index (χ1n) is 7.88. The number of hydrogen-bond acceptors (Lipinski definition) is 6. The molecule has 0 fully saturated rings. The number of hydrogen-bond donors (Lipinski definition) is 1. The van der Waals surface area contributed by atoms with Crippen molar-refractivity contribution in [3.05, 3.63) is 60.0 Å². The zero-order valence-electron chi connectivity index (χ0n) is 14.1. The van der Waals surface area contributed by atoms with Crippen molar-refractivity contribution in [1.29, 1.82) is 0 Å². The molecule has 0 spiro atoms. The van der Waals surface area contributed by atoms with Gasteiger partial charge in [-0.05, 0) is 48.6 Å². The van der Waals surface area contributed by atoms with Crippen molar-refractivity contribution in [2.75, 3.05) is 7.11 Å². The normalized spacial score (nSPS) is 12.0. The molecule has 0 bridgehead atoms. The Bertz CT molecular complexity index is 894. The van der Waals surface area contributed by atoms with E-state index in [4.69, 9.17) is 10.5 Å². The highest BCUT2D eigenvalue weighted by atomic mass is 16.5. The van der Waals surface area contributed by atoms with Crippen LogP contribution < -0.4 is 10.5 Å². The van der Waals surface area contributed by atoms with E-state index in [0.717, 1.165) is 22.0 Å². The summed E-state index contributed by atoms with van der Waals surface area (Å²) in [6, 6.07) is 10.6. The average Bonchev–Trinajstić information content (AvgIpc) is 2.62. The number of carbonyl (C=O) groups is 1. The molecule has 0 radical (unpaired) electrons. The molecule has 0 aliphatic heterocycles. The van der Waals surface area contributed by atoms with Crippen LogP contribution in [0.15, 0.2) is 48.8 Å². The Hall–Kier alpha value is -2.99. The number of carbonyl (C=O) groups excluding carboxylic acids is 1. The minimum Gasteiger partial charge on any atom is -0.468 e. The monoisotopic (exact) mass is 337 g/mol.